The molecule has 0 aromatic rings. The molecule has 1 N–H and O–H groups in total. The second-order valence-electron chi connectivity index (χ2n) is 2.39. The van der Waals surface area contributed by atoms with Crippen LogP contribution in [-0.2, 0) is 9.59 Å². The van der Waals surface area contributed by atoms with Crippen LogP contribution in [-0.4, -0.2) is 18.4 Å². The molecule has 0 rings (SSSR count). The normalized spacial score (nSPS) is 8.64. The maximum Gasteiger partial charge on any atom is 1.00 e. The number of aliphatic carboxylic acids is 1. The largest absolute Gasteiger partial charge is 1.00 e. The van der Waals surface area contributed by atoms with Crippen LogP contribution < -0.4 is 61.8 Å². The van der Waals surface area contributed by atoms with Crippen molar-refractivity contribution in [3.63, 3.8) is 0 Å². The van der Waals surface area contributed by atoms with Crippen molar-refractivity contribution < 1.29 is 66.1 Å². The number of amides is 1. The van der Waals surface area contributed by atoms with Crippen LogP contribution in [0.1, 0.15) is 13.8 Å². The van der Waals surface area contributed by atoms with Crippen LogP contribution in [0.3, 0.4) is 0 Å². The molecule has 11 heavy (non-hydrogen) atoms. The molecule has 0 heterocycles. The van der Waals surface area contributed by atoms with Crippen LogP contribution in [0, 0.1) is 5.92 Å². The third-order valence-corrected chi connectivity index (χ3v) is 0.856. The predicted octanol–water partition coefficient (Wildman–Crippen LogP) is -4.49. The van der Waals surface area contributed by atoms with Gasteiger partial charge >= 0.3 is 51.4 Å². The van der Waals surface area contributed by atoms with Gasteiger partial charge in [0.05, 0.1) is 0 Å². The van der Waals surface area contributed by atoms with E-state index in [4.69, 9.17) is 0 Å². The molecule has 0 spiro atoms. The summed E-state index contributed by atoms with van der Waals surface area (Å²) >= 11 is 0. The summed E-state index contributed by atoms with van der Waals surface area (Å²) < 4.78 is 0. The summed E-state index contributed by atoms with van der Waals surface area (Å²) in [5.74, 6) is -2.47. The molecule has 4 nitrogen and oxygen atoms in total. The molecule has 0 saturated heterocycles. The van der Waals surface area contributed by atoms with Crippen LogP contribution in [0.2, 0.25) is 0 Å². The number of hydrogen-bond donors (Lipinski definition) is 1. The Hall–Kier alpha value is 0.576. The van der Waals surface area contributed by atoms with E-state index in [1.165, 1.54) is 0 Å². The molecular weight excluding hydrogens is 173 g/mol. The average Bonchev–Trinajstić information content (AvgIpc) is 1.82. The molecule has 5 heteroatoms. The molecule has 0 fully saturated rings. The Morgan fingerprint density at radius 1 is 1.45 bits per heavy atom. The van der Waals surface area contributed by atoms with E-state index in [9.17, 15) is 14.7 Å². The van der Waals surface area contributed by atoms with E-state index in [1.807, 2.05) is 13.8 Å². The number of carbonyl (C=O) groups excluding carboxylic acids is 2. The summed E-state index contributed by atoms with van der Waals surface area (Å²) in [6, 6.07) is 0. The number of carbonyl (C=O) groups is 2. The fourth-order valence-electron chi connectivity index (χ4n) is 0.369. The van der Waals surface area contributed by atoms with E-state index in [0.717, 1.165) is 0 Å². The quantitative estimate of drug-likeness (QED) is 0.346. The van der Waals surface area contributed by atoms with Crippen LogP contribution in [0.15, 0.2) is 0 Å². The monoisotopic (exact) mass is 183 g/mol. The number of carboxylic acids is 1. The Kier molecular flexibility index (Phi) is 9.29. The van der Waals surface area contributed by atoms with Gasteiger partial charge < -0.3 is 15.2 Å². The average molecular weight is 183 g/mol. The maximum absolute atomic E-state index is 10.3. The van der Waals surface area contributed by atoms with Crippen molar-refractivity contribution in [2.24, 2.45) is 5.92 Å². The summed E-state index contributed by atoms with van der Waals surface area (Å²) in [5.41, 5.74) is 0. The molecule has 0 aliphatic heterocycles. The van der Waals surface area contributed by atoms with Crippen LogP contribution in [0.5, 0.6) is 0 Å². The van der Waals surface area contributed by atoms with Crippen molar-refractivity contribution in [1.29, 1.82) is 0 Å². The summed E-state index contributed by atoms with van der Waals surface area (Å²) in [5, 5.41) is 12.0. The minimum atomic E-state index is -1.68. The van der Waals surface area contributed by atoms with Crippen molar-refractivity contribution in [1.82, 2.24) is 5.32 Å². The van der Waals surface area contributed by atoms with Gasteiger partial charge in [0, 0.05) is 6.54 Å². The standard InChI is InChI=1S/C6H11NO3.K/c1-4(2)3-7-5(8)6(9)10;/h4H,3H2,1-2H3,(H,7,8)(H,9,10);/q;+1/p-1. The van der Waals surface area contributed by atoms with Crippen LogP contribution in [0.4, 0.5) is 0 Å². The van der Waals surface area contributed by atoms with Gasteiger partial charge in [0.25, 0.3) is 5.91 Å². The van der Waals surface area contributed by atoms with Crippen molar-refractivity contribution in [2.45, 2.75) is 13.8 Å². The summed E-state index contributed by atoms with van der Waals surface area (Å²) in [4.78, 5) is 20.1. The zero-order valence-corrected chi connectivity index (χ0v) is 10.1. The molecule has 0 aliphatic carbocycles. The second kappa shape index (κ2) is 7.24. The zero-order valence-electron chi connectivity index (χ0n) is 7.01. The Balaban J connectivity index is 0. The third kappa shape index (κ3) is 8.48. The summed E-state index contributed by atoms with van der Waals surface area (Å²) in [6.07, 6.45) is 0. The van der Waals surface area contributed by atoms with Crippen LogP contribution in [0.25, 0.3) is 0 Å². The first kappa shape index (κ1) is 14.1. The number of carboxylic acid groups (broad SMARTS) is 1. The Morgan fingerprint density at radius 2 is 1.91 bits per heavy atom. The van der Waals surface area contributed by atoms with Crippen molar-refractivity contribution in [3.05, 3.63) is 0 Å². The minimum absolute atomic E-state index is 0. The van der Waals surface area contributed by atoms with Crippen molar-refractivity contribution in [3.8, 4) is 0 Å². The smallest absolute Gasteiger partial charge is 0.540 e. The first-order valence-electron chi connectivity index (χ1n) is 3.03. The number of hydrogen-bond acceptors (Lipinski definition) is 3. The molecule has 0 radical (unpaired) electrons. The molecule has 0 aromatic carbocycles. The Labute approximate surface area is 108 Å². The van der Waals surface area contributed by atoms with E-state index >= 15 is 0 Å². The van der Waals surface area contributed by atoms with Gasteiger partial charge in [0.2, 0.25) is 0 Å². The zero-order chi connectivity index (χ0) is 8.15. The molecule has 0 aliphatic rings. The summed E-state index contributed by atoms with van der Waals surface area (Å²) in [6.45, 7) is 4.11. The topological polar surface area (TPSA) is 69.2 Å². The fraction of sp³-hybridized carbons (Fsp3) is 0.667. The molecule has 0 bridgehead atoms. The molecular formula is C6H10KNO3. The van der Waals surface area contributed by atoms with Crippen LogP contribution >= 0.6 is 0 Å². The van der Waals surface area contributed by atoms with Gasteiger partial charge in [0.15, 0.2) is 0 Å². The predicted molar refractivity (Wildman–Crippen MR) is 32.9 cm³/mol. The van der Waals surface area contributed by atoms with Gasteiger partial charge in [-0.25, -0.2) is 0 Å². The van der Waals surface area contributed by atoms with E-state index in [1.54, 1.807) is 0 Å². The first-order valence-corrected chi connectivity index (χ1v) is 3.03. The fourth-order valence-corrected chi connectivity index (χ4v) is 0.369. The molecule has 0 unspecified atom stereocenters. The van der Waals surface area contributed by atoms with Gasteiger partial charge in [-0.05, 0) is 5.92 Å². The summed E-state index contributed by atoms with van der Waals surface area (Å²) in [7, 11) is 0. The van der Waals surface area contributed by atoms with Gasteiger partial charge in [-0.1, -0.05) is 13.8 Å². The van der Waals surface area contributed by atoms with Gasteiger partial charge in [-0.15, -0.1) is 0 Å². The Bertz CT molecular complexity index is 147. The van der Waals surface area contributed by atoms with E-state index < -0.39 is 11.9 Å². The van der Waals surface area contributed by atoms with E-state index in [2.05, 4.69) is 5.32 Å². The minimum Gasteiger partial charge on any atom is -0.540 e. The molecule has 0 saturated carbocycles. The second-order valence-corrected chi connectivity index (χ2v) is 2.39. The molecule has 1 amide bonds. The van der Waals surface area contributed by atoms with Crippen molar-refractivity contribution >= 4 is 11.9 Å². The first-order chi connectivity index (χ1) is 4.54. The van der Waals surface area contributed by atoms with Gasteiger partial charge in [-0.2, -0.15) is 0 Å². The SMILES string of the molecule is CC(C)CNC(=O)C(=O)[O-].[K+]. The molecule has 58 valence electrons. The van der Waals surface area contributed by atoms with Gasteiger partial charge in [-0.3, -0.25) is 4.79 Å². The number of nitrogens with one attached hydrogen (secondary N) is 1. The van der Waals surface area contributed by atoms with Gasteiger partial charge in [0.1, 0.15) is 5.97 Å². The van der Waals surface area contributed by atoms with Crippen molar-refractivity contribution in [2.75, 3.05) is 6.54 Å². The van der Waals surface area contributed by atoms with E-state index in [-0.39, 0.29) is 57.3 Å². The molecule has 0 aromatic heterocycles. The third-order valence-electron chi connectivity index (χ3n) is 0.856. The van der Waals surface area contributed by atoms with E-state index in [0.29, 0.717) is 6.54 Å². The maximum atomic E-state index is 10.3. The Morgan fingerprint density at radius 3 is 2.18 bits per heavy atom. The number of rotatable bonds is 2. The molecule has 0 atom stereocenters.